The number of hydrogen-bond acceptors (Lipinski definition) is 7. The number of ether oxygens (including phenoxy) is 3. The molecule has 0 radical (unpaired) electrons. The third kappa shape index (κ3) is 7.10. The molecule has 1 aliphatic rings. The SMILES string of the molecule is COc1ccc(CN(Cc2ccc(OC)cc2)S(=O)(=O)c2ccn(C[C@@H]3CCN3C(=O)OC(C)(C)C)n2)cc1. The van der Waals surface area contributed by atoms with Crippen molar-refractivity contribution >= 4 is 16.1 Å². The van der Waals surface area contributed by atoms with E-state index in [-0.39, 0.29) is 30.3 Å². The summed E-state index contributed by atoms with van der Waals surface area (Å²) in [7, 11) is -0.782. The summed E-state index contributed by atoms with van der Waals surface area (Å²) in [6, 6.07) is 16.0. The number of aromatic nitrogens is 2. The lowest BCUT2D eigenvalue weighted by atomic mass is 10.0. The maximum absolute atomic E-state index is 13.8. The van der Waals surface area contributed by atoms with Crippen LogP contribution in [0.2, 0.25) is 0 Å². The summed E-state index contributed by atoms with van der Waals surface area (Å²) in [5.41, 5.74) is 1.05. The van der Waals surface area contributed by atoms with Crippen LogP contribution in [0.1, 0.15) is 38.3 Å². The summed E-state index contributed by atoms with van der Waals surface area (Å²) in [6.07, 6.45) is 2.06. The van der Waals surface area contributed by atoms with Crippen LogP contribution in [0.25, 0.3) is 0 Å². The fourth-order valence-corrected chi connectivity index (χ4v) is 5.56. The van der Waals surface area contributed by atoms with E-state index < -0.39 is 15.6 Å². The number of amides is 1. The van der Waals surface area contributed by atoms with Crippen molar-refractivity contribution in [2.24, 2.45) is 0 Å². The predicted octanol–water partition coefficient (Wildman–Crippen LogP) is 4.30. The Morgan fingerprint density at radius 3 is 1.92 bits per heavy atom. The smallest absolute Gasteiger partial charge is 0.410 e. The molecule has 0 unspecified atom stereocenters. The summed E-state index contributed by atoms with van der Waals surface area (Å²) in [5, 5.41) is 4.35. The Kier molecular flexibility index (Phi) is 8.51. The molecule has 3 aromatic rings. The molecule has 1 aliphatic heterocycles. The molecule has 0 spiro atoms. The van der Waals surface area contributed by atoms with Gasteiger partial charge in [-0.15, -0.1) is 0 Å². The summed E-state index contributed by atoms with van der Waals surface area (Å²) in [6.45, 7) is 6.77. The summed E-state index contributed by atoms with van der Waals surface area (Å²) in [5.74, 6) is 1.39. The maximum atomic E-state index is 13.8. The fraction of sp³-hybridized carbons (Fsp3) is 0.429. The van der Waals surface area contributed by atoms with E-state index in [0.717, 1.165) is 17.5 Å². The van der Waals surface area contributed by atoms with Crippen molar-refractivity contribution in [1.82, 2.24) is 19.0 Å². The van der Waals surface area contributed by atoms with Gasteiger partial charge in [-0.05, 0) is 68.7 Å². The van der Waals surface area contributed by atoms with Crippen molar-refractivity contribution in [3.05, 3.63) is 71.9 Å². The van der Waals surface area contributed by atoms with Gasteiger partial charge in [-0.1, -0.05) is 24.3 Å². The molecule has 39 heavy (non-hydrogen) atoms. The number of methoxy groups -OCH3 is 2. The molecule has 10 nitrogen and oxygen atoms in total. The van der Waals surface area contributed by atoms with Crippen LogP contribution in [0.3, 0.4) is 0 Å². The molecule has 2 aromatic carbocycles. The number of hydrogen-bond donors (Lipinski definition) is 0. The predicted molar refractivity (Wildman–Crippen MR) is 146 cm³/mol. The molecule has 4 rings (SSSR count). The highest BCUT2D eigenvalue weighted by molar-refractivity contribution is 7.89. The van der Waals surface area contributed by atoms with Crippen molar-refractivity contribution in [2.75, 3.05) is 20.8 Å². The standard InChI is InChI=1S/C28H36N4O6S/c1-28(2,3)38-27(33)32-17-14-23(32)20-30-16-15-26(29-30)39(34,35)31(18-21-6-10-24(36-4)11-7-21)19-22-8-12-25(37-5)13-9-22/h6-13,15-16,23H,14,17-20H2,1-5H3/t23-/m0/s1. The van der Waals surface area contributed by atoms with Gasteiger partial charge in [0.1, 0.15) is 17.1 Å². The van der Waals surface area contributed by atoms with Gasteiger partial charge in [0, 0.05) is 25.8 Å². The largest absolute Gasteiger partial charge is 0.497 e. The van der Waals surface area contributed by atoms with E-state index in [1.54, 1.807) is 54.3 Å². The molecule has 11 heteroatoms. The van der Waals surface area contributed by atoms with Crippen molar-refractivity contribution in [2.45, 2.75) is 63.5 Å². The van der Waals surface area contributed by atoms with Crippen molar-refractivity contribution in [3.63, 3.8) is 0 Å². The highest BCUT2D eigenvalue weighted by Crippen LogP contribution is 2.25. The van der Waals surface area contributed by atoms with Gasteiger partial charge in [0.15, 0.2) is 5.03 Å². The van der Waals surface area contributed by atoms with Gasteiger partial charge in [-0.2, -0.15) is 9.40 Å². The van der Waals surface area contributed by atoms with Crippen LogP contribution in [-0.2, 0) is 34.4 Å². The molecule has 1 aromatic heterocycles. The van der Waals surface area contributed by atoms with Crippen molar-refractivity contribution < 1.29 is 27.4 Å². The van der Waals surface area contributed by atoms with Crippen LogP contribution in [-0.4, -0.2) is 65.9 Å². The maximum Gasteiger partial charge on any atom is 0.410 e. The Labute approximate surface area is 230 Å². The lowest BCUT2D eigenvalue weighted by Gasteiger charge is -2.41. The number of carbonyl (C=O) groups excluding carboxylic acids is 1. The van der Waals surface area contributed by atoms with Crippen LogP contribution >= 0.6 is 0 Å². The summed E-state index contributed by atoms with van der Waals surface area (Å²) >= 11 is 0. The molecular formula is C28H36N4O6S. The lowest BCUT2D eigenvalue weighted by Crippen LogP contribution is -2.54. The lowest BCUT2D eigenvalue weighted by molar-refractivity contribution is -0.00891. The van der Waals surface area contributed by atoms with Crippen LogP contribution in [0, 0.1) is 0 Å². The van der Waals surface area contributed by atoms with Crippen LogP contribution in [0.4, 0.5) is 4.79 Å². The molecule has 0 bridgehead atoms. The first-order valence-corrected chi connectivity index (χ1v) is 14.2. The third-order valence-electron chi connectivity index (χ3n) is 6.43. The van der Waals surface area contributed by atoms with Crippen LogP contribution in [0.5, 0.6) is 11.5 Å². The van der Waals surface area contributed by atoms with E-state index in [9.17, 15) is 13.2 Å². The number of sulfonamides is 1. The first-order valence-electron chi connectivity index (χ1n) is 12.8. The minimum absolute atomic E-state index is 0.0485. The molecule has 0 saturated carbocycles. The van der Waals surface area contributed by atoms with Gasteiger partial charge in [-0.25, -0.2) is 13.2 Å². The normalized spacial score (nSPS) is 15.6. The molecule has 0 aliphatic carbocycles. The second-order valence-electron chi connectivity index (χ2n) is 10.5. The Balaban J connectivity index is 1.53. The summed E-state index contributed by atoms with van der Waals surface area (Å²) in [4.78, 5) is 14.1. The molecular weight excluding hydrogens is 520 g/mol. The third-order valence-corrected chi connectivity index (χ3v) is 8.11. The zero-order chi connectivity index (χ0) is 28.2. The molecule has 1 amide bonds. The molecule has 210 valence electrons. The quantitative estimate of drug-likeness (QED) is 0.367. The Bertz CT molecular complexity index is 1310. The van der Waals surface area contributed by atoms with Gasteiger partial charge >= 0.3 is 6.09 Å². The average Bonchev–Trinajstić information content (AvgIpc) is 3.36. The minimum atomic E-state index is -3.95. The molecule has 1 fully saturated rings. The summed E-state index contributed by atoms with van der Waals surface area (Å²) < 4.78 is 46.6. The number of rotatable bonds is 10. The van der Waals surface area contributed by atoms with Gasteiger partial charge in [0.2, 0.25) is 0 Å². The van der Waals surface area contributed by atoms with Crippen molar-refractivity contribution in [1.29, 1.82) is 0 Å². The number of carbonyl (C=O) groups is 1. The number of likely N-dealkylation sites (tertiary alicyclic amines) is 1. The van der Waals surface area contributed by atoms with E-state index in [1.807, 2.05) is 45.0 Å². The zero-order valence-electron chi connectivity index (χ0n) is 23.0. The van der Waals surface area contributed by atoms with Crippen LogP contribution in [0.15, 0.2) is 65.8 Å². The second kappa shape index (κ2) is 11.7. The first-order chi connectivity index (χ1) is 18.5. The Morgan fingerprint density at radius 2 is 1.49 bits per heavy atom. The highest BCUT2D eigenvalue weighted by atomic mass is 32.2. The van der Waals surface area contributed by atoms with Crippen molar-refractivity contribution in [3.8, 4) is 11.5 Å². The average molecular weight is 557 g/mol. The highest BCUT2D eigenvalue weighted by Gasteiger charge is 2.36. The second-order valence-corrected chi connectivity index (χ2v) is 12.3. The van der Waals surface area contributed by atoms with E-state index in [0.29, 0.717) is 24.6 Å². The topological polar surface area (TPSA) is 103 Å². The number of benzene rings is 2. The van der Waals surface area contributed by atoms with Gasteiger partial charge < -0.3 is 19.1 Å². The van der Waals surface area contributed by atoms with Gasteiger partial charge in [-0.3, -0.25) is 4.68 Å². The molecule has 0 N–H and O–H groups in total. The van der Waals surface area contributed by atoms with Gasteiger partial charge in [0.05, 0.1) is 26.8 Å². The monoisotopic (exact) mass is 556 g/mol. The minimum Gasteiger partial charge on any atom is -0.497 e. The fourth-order valence-electron chi connectivity index (χ4n) is 4.22. The molecule has 1 saturated heterocycles. The van der Waals surface area contributed by atoms with E-state index in [4.69, 9.17) is 14.2 Å². The van der Waals surface area contributed by atoms with E-state index >= 15 is 0 Å². The first kappa shape index (κ1) is 28.4. The number of nitrogens with zero attached hydrogens (tertiary/aromatic N) is 4. The van der Waals surface area contributed by atoms with Crippen LogP contribution < -0.4 is 9.47 Å². The van der Waals surface area contributed by atoms with Gasteiger partial charge in [0.25, 0.3) is 10.0 Å². The molecule has 1 atom stereocenters. The Morgan fingerprint density at radius 1 is 0.949 bits per heavy atom. The Hall–Kier alpha value is -3.57. The van der Waals surface area contributed by atoms with E-state index in [1.165, 1.54) is 10.4 Å². The van der Waals surface area contributed by atoms with E-state index in [2.05, 4.69) is 5.10 Å². The zero-order valence-corrected chi connectivity index (χ0v) is 23.8. The molecule has 2 heterocycles.